The predicted molar refractivity (Wildman–Crippen MR) is 162 cm³/mol. The van der Waals surface area contributed by atoms with Crippen molar-refractivity contribution in [3.8, 4) is 5.75 Å². The summed E-state index contributed by atoms with van der Waals surface area (Å²) >= 11 is 0. The molecule has 0 spiro atoms. The van der Waals surface area contributed by atoms with E-state index in [1.54, 1.807) is 6.07 Å². The normalized spacial score (nSPS) is 12.1. The maximum atomic E-state index is 13.3. The molecule has 0 unspecified atom stereocenters. The fourth-order valence-electron chi connectivity index (χ4n) is 5.43. The van der Waals surface area contributed by atoms with E-state index in [0.717, 1.165) is 38.3 Å². The third-order valence-corrected chi connectivity index (χ3v) is 9.83. The Kier molecular flexibility index (Phi) is 8.32. The predicted octanol–water partition coefficient (Wildman–Crippen LogP) is 8.16. The lowest BCUT2D eigenvalue weighted by Gasteiger charge is -2.41. The van der Waals surface area contributed by atoms with Crippen LogP contribution in [0, 0.1) is 11.6 Å². The first-order valence-corrected chi connectivity index (χ1v) is 14.2. The summed E-state index contributed by atoms with van der Waals surface area (Å²) in [5, 5.41) is 25.5. The highest BCUT2D eigenvalue weighted by atomic mass is 31.1. The highest BCUT2D eigenvalue weighted by Gasteiger charge is 2.36. The van der Waals surface area contributed by atoms with E-state index in [4.69, 9.17) is 14.7 Å². The van der Waals surface area contributed by atoms with Crippen LogP contribution in [0.5, 0.6) is 5.75 Å². The van der Waals surface area contributed by atoms with E-state index >= 15 is 0 Å². The van der Waals surface area contributed by atoms with E-state index in [1.165, 1.54) is 17.5 Å². The van der Waals surface area contributed by atoms with E-state index < -0.39 is 26.9 Å². The molecule has 39 heavy (non-hydrogen) atoms. The quantitative estimate of drug-likeness (QED) is 0.104. The number of hydrogen-bond acceptors (Lipinski definition) is 3. The van der Waals surface area contributed by atoms with E-state index in [2.05, 4.69) is 71.9 Å². The summed E-state index contributed by atoms with van der Waals surface area (Å²) < 4.78 is 31.8. The molecule has 7 heteroatoms. The van der Waals surface area contributed by atoms with E-state index in [-0.39, 0.29) is 10.3 Å². The summed E-state index contributed by atoms with van der Waals surface area (Å²) in [5.74, 6) is -0.504. The molecule has 202 valence electrons. The van der Waals surface area contributed by atoms with Crippen LogP contribution in [0.3, 0.4) is 0 Å². The molecule has 0 bridgehead atoms. The molecule has 3 nitrogen and oxygen atoms in total. The number of benzene rings is 5. The van der Waals surface area contributed by atoms with E-state index in [9.17, 15) is 8.78 Å². The van der Waals surface area contributed by atoms with Crippen LogP contribution in [0.4, 0.5) is 8.78 Å². The lowest BCUT2D eigenvalue weighted by Crippen LogP contribution is -2.31. The van der Waals surface area contributed by atoms with Crippen molar-refractivity contribution < 1.29 is 23.5 Å². The summed E-state index contributed by atoms with van der Waals surface area (Å²) in [5.41, 5.74) is 0. The number of rotatable bonds is 3. The SMILES string of the molecule is CC(C)(C)P(c1cc(F)cc(F)c1)C(C)(C)C.OB(O)Oc1cccc2ccc3cc4ccccc4cc3c12. The fourth-order valence-corrected chi connectivity index (χ4v) is 9.49. The Hall–Kier alpha value is -3.05. The summed E-state index contributed by atoms with van der Waals surface area (Å²) in [4.78, 5) is 0. The van der Waals surface area contributed by atoms with Crippen molar-refractivity contribution in [2.45, 2.75) is 51.9 Å². The molecule has 0 fully saturated rings. The molecule has 0 radical (unpaired) electrons. The van der Waals surface area contributed by atoms with Gasteiger partial charge in [0.15, 0.2) is 0 Å². The molecule has 5 aromatic rings. The van der Waals surface area contributed by atoms with Crippen molar-refractivity contribution in [1.29, 1.82) is 0 Å². The Morgan fingerprint density at radius 1 is 0.641 bits per heavy atom. The van der Waals surface area contributed by atoms with Crippen molar-refractivity contribution in [2.24, 2.45) is 0 Å². The Bertz CT molecular complexity index is 1590. The first kappa shape index (κ1) is 29.0. The van der Waals surface area contributed by atoms with Gasteiger partial charge in [-0.1, -0.05) is 98.0 Å². The molecular formula is C32H34BF2O3P. The molecule has 0 heterocycles. The fraction of sp³-hybridized carbons (Fsp3) is 0.250. The van der Waals surface area contributed by atoms with Crippen molar-refractivity contribution in [2.75, 3.05) is 0 Å². The molecule has 0 atom stereocenters. The second-order valence-corrected chi connectivity index (χ2v) is 15.5. The third-order valence-electron chi connectivity index (χ3n) is 6.37. The topological polar surface area (TPSA) is 49.7 Å². The molecule has 0 saturated heterocycles. The standard InChI is InChI=1S/C18H13BO3.C14H21F2P/c20-19(21)22-17-7-3-6-12-8-9-15-10-13-4-1-2-5-14(13)11-16(15)18(12)17;1-13(2,3)17(14(4,5)6)12-8-10(15)7-11(16)9-12/h1-11,20-21H;7-9H,1-6H3. The minimum Gasteiger partial charge on any atom is -0.511 e. The third kappa shape index (κ3) is 6.76. The maximum Gasteiger partial charge on any atom is 0.707 e. The van der Waals surface area contributed by atoms with Gasteiger partial charge in [0.05, 0.1) is 0 Å². The van der Waals surface area contributed by atoms with Crippen LogP contribution in [-0.4, -0.2) is 27.7 Å². The molecule has 0 amide bonds. The van der Waals surface area contributed by atoms with Gasteiger partial charge in [-0.25, -0.2) is 8.78 Å². The Balaban J connectivity index is 0.000000188. The van der Waals surface area contributed by atoms with Crippen molar-refractivity contribution in [3.63, 3.8) is 0 Å². The minimum atomic E-state index is -1.83. The van der Waals surface area contributed by atoms with Gasteiger partial charge in [0.1, 0.15) is 17.4 Å². The van der Waals surface area contributed by atoms with Gasteiger partial charge in [-0.3, -0.25) is 0 Å². The van der Waals surface area contributed by atoms with Gasteiger partial charge < -0.3 is 14.7 Å². The molecule has 5 rings (SSSR count). The highest BCUT2D eigenvalue weighted by molar-refractivity contribution is 7.68. The van der Waals surface area contributed by atoms with Gasteiger partial charge >= 0.3 is 7.32 Å². The van der Waals surface area contributed by atoms with Gasteiger partial charge in [-0.15, -0.1) is 0 Å². The Morgan fingerprint density at radius 3 is 1.74 bits per heavy atom. The zero-order valence-corrected chi connectivity index (χ0v) is 24.1. The average molecular weight is 546 g/mol. The van der Waals surface area contributed by atoms with Crippen LogP contribution < -0.4 is 9.96 Å². The molecule has 0 aliphatic heterocycles. The summed E-state index contributed by atoms with van der Waals surface area (Å²) in [6.07, 6.45) is 0. The van der Waals surface area contributed by atoms with Crippen LogP contribution in [0.1, 0.15) is 41.5 Å². The zero-order valence-electron chi connectivity index (χ0n) is 23.2. The second-order valence-electron chi connectivity index (χ2n) is 11.6. The largest absolute Gasteiger partial charge is 0.707 e. The molecule has 0 saturated carbocycles. The van der Waals surface area contributed by atoms with Gasteiger partial charge in [-0.2, -0.15) is 0 Å². The van der Waals surface area contributed by atoms with Crippen LogP contribution in [0.25, 0.3) is 32.3 Å². The molecular weight excluding hydrogens is 512 g/mol. The zero-order chi connectivity index (χ0) is 28.5. The van der Waals surface area contributed by atoms with Crippen molar-refractivity contribution in [3.05, 3.63) is 96.6 Å². The second kappa shape index (κ2) is 11.2. The summed E-state index contributed by atoms with van der Waals surface area (Å²) in [7, 11) is -2.48. The van der Waals surface area contributed by atoms with Crippen LogP contribution in [-0.2, 0) is 0 Å². The maximum absolute atomic E-state index is 13.3. The first-order valence-electron chi connectivity index (χ1n) is 12.9. The number of fused-ring (bicyclic) bond motifs is 4. The Labute approximate surface area is 230 Å². The van der Waals surface area contributed by atoms with Gasteiger partial charge in [0.25, 0.3) is 0 Å². The lowest BCUT2D eigenvalue weighted by atomic mass is 9.97. The highest BCUT2D eigenvalue weighted by Crippen LogP contribution is 2.58. The van der Waals surface area contributed by atoms with Gasteiger partial charge in [0, 0.05) is 11.5 Å². The number of halogens is 2. The van der Waals surface area contributed by atoms with Crippen LogP contribution >= 0.6 is 7.92 Å². The summed E-state index contributed by atoms with van der Waals surface area (Å²) in [6, 6.07) is 26.0. The van der Waals surface area contributed by atoms with Crippen molar-refractivity contribution >= 4 is 52.9 Å². The minimum absolute atomic E-state index is 0.0216. The monoisotopic (exact) mass is 546 g/mol. The molecule has 5 aromatic carbocycles. The van der Waals surface area contributed by atoms with Crippen LogP contribution in [0.2, 0.25) is 0 Å². The lowest BCUT2D eigenvalue weighted by molar-refractivity contribution is 0.289. The van der Waals surface area contributed by atoms with E-state index in [1.807, 2.05) is 30.3 Å². The Morgan fingerprint density at radius 2 is 1.18 bits per heavy atom. The molecule has 2 N–H and O–H groups in total. The van der Waals surface area contributed by atoms with E-state index in [0.29, 0.717) is 5.75 Å². The smallest absolute Gasteiger partial charge is 0.511 e. The van der Waals surface area contributed by atoms with Crippen LogP contribution in [0.15, 0.2) is 84.9 Å². The summed E-state index contributed by atoms with van der Waals surface area (Å²) in [6.45, 7) is 12.8. The first-order chi connectivity index (χ1) is 18.2. The molecule has 0 aliphatic carbocycles. The molecule has 0 aliphatic rings. The van der Waals surface area contributed by atoms with Gasteiger partial charge in [0.2, 0.25) is 0 Å². The van der Waals surface area contributed by atoms with Gasteiger partial charge in [-0.05, 0) is 72.9 Å². The average Bonchev–Trinajstić information content (AvgIpc) is 2.80. The molecule has 0 aromatic heterocycles. The van der Waals surface area contributed by atoms with Crippen molar-refractivity contribution in [1.82, 2.24) is 0 Å². The number of hydrogen-bond donors (Lipinski definition) is 2.